The first-order valence-electron chi connectivity index (χ1n) is 3.74. The second-order valence-electron chi connectivity index (χ2n) is 2.71. The first-order valence-corrected chi connectivity index (χ1v) is 3.74. The fraction of sp³-hybridized carbons (Fsp3) is 1.00. The Kier molecular flexibility index (Phi) is 2.63. The van der Waals surface area contributed by atoms with Gasteiger partial charge in [-0.2, -0.15) is 0 Å². The molecule has 0 amide bonds. The monoisotopic (exact) mass is 147 g/mol. The minimum atomic E-state index is -1.09. The highest BCUT2D eigenvalue weighted by Gasteiger charge is 2.33. The molecule has 1 aliphatic rings. The van der Waals surface area contributed by atoms with E-state index >= 15 is 0 Å². The Morgan fingerprint density at radius 1 is 1.70 bits per heavy atom. The molecule has 0 radical (unpaired) electrons. The van der Waals surface area contributed by atoms with Crippen LogP contribution >= 0.6 is 0 Å². The maximum absolute atomic E-state index is 13.3. The summed E-state index contributed by atoms with van der Waals surface area (Å²) in [6.45, 7) is 3.96. The zero-order valence-corrected chi connectivity index (χ0v) is 6.32. The predicted octanol–water partition coefficient (Wildman–Crippen LogP) is 0.724. The molecule has 2 nitrogen and oxygen atoms in total. The number of hydrogen-bond acceptors (Lipinski definition) is 2. The van der Waals surface area contributed by atoms with Gasteiger partial charge in [-0.15, -0.1) is 0 Å². The van der Waals surface area contributed by atoms with Crippen LogP contribution in [0.4, 0.5) is 4.39 Å². The number of alkyl halides is 1. The van der Waals surface area contributed by atoms with Gasteiger partial charge in [0.25, 0.3) is 0 Å². The molecule has 1 heterocycles. The second kappa shape index (κ2) is 3.30. The van der Waals surface area contributed by atoms with Crippen molar-refractivity contribution in [1.29, 1.82) is 0 Å². The smallest absolute Gasteiger partial charge is 0.147 e. The lowest BCUT2D eigenvalue weighted by atomic mass is 10.1. The maximum atomic E-state index is 13.3. The van der Waals surface area contributed by atoms with Gasteiger partial charge in [-0.1, -0.05) is 0 Å². The third-order valence-corrected chi connectivity index (χ3v) is 1.76. The van der Waals surface area contributed by atoms with E-state index in [0.29, 0.717) is 19.6 Å². The van der Waals surface area contributed by atoms with Crippen LogP contribution in [0.5, 0.6) is 0 Å². The van der Waals surface area contributed by atoms with E-state index < -0.39 is 5.67 Å². The van der Waals surface area contributed by atoms with Crippen LogP contribution in [0.25, 0.3) is 0 Å². The quantitative estimate of drug-likeness (QED) is 0.635. The molecule has 10 heavy (non-hydrogen) atoms. The number of halogens is 1. The molecule has 1 unspecified atom stereocenters. The van der Waals surface area contributed by atoms with Crippen LogP contribution in [0.3, 0.4) is 0 Å². The minimum Gasteiger partial charge on any atom is -0.378 e. The number of hydrogen-bond donors (Lipinski definition) is 1. The van der Waals surface area contributed by atoms with Crippen LogP contribution in [-0.4, -0.2) is 32.0 Å². The summed E-state index contributed by atoms with van der Waals surface area (Å²) in [6.07, 6.45) is 0.590. The first kappa shape index (κ1) is 7.95. The second-order valence-corrected chi connectivity index (χ2v) is 2.71. The highest BCUT2D eigenvalue weighted by Crippen LogP contribution is 2.19. The average molecular weight is 147 g/mol. The molecule has 1 rings (SSSR count). The standard InChI is InChI=1S/C7H14FNO/c1-2-10-6-7(8)3-4-9-5-7/h9H,2-6H2,1H3. The molecule has 60 valence electrons. The molecule has 0 aromatic heterocycles. The van der Waals surface area contributed by atoms with Crippen molar-refractivity contribution in [2.45, 2.75) is 19.0 Å². The molecule has 0 aromatic rings. The summed E-state index contributed by atoms with van der Waals surface area (Å²) < 4.78 is 18.3. The summed E-state index contributed by atoms with van der Waals surface area (Å²) >= 11 is 0. The zero-order chi connectivity index (χ0) is 7.45. The van der Waals surface area contributed by atoms with Crippen LogP contribution < -0.4 is 5.32 Å². The van der Waals surface area contributed by atoms with Crippen molar-refractivity contribution >= 4 is 0 Å². The molecular formula is C7H14FNO. The van der Waals surface area contributed by atoms with Crippen molar-refractivity contribution in [1.82, 2.24) is 5.32 Å². The van der Waals surface area contributed by atoms with Crippen LogP contribution in [0.1, 0.15) is 13.3 Å². The molecule has 1 saturated heterocycles. The minimum absolute atomic E-state index is 0.247. The van der Waals surface area contributed by atoms with E-state index in [-0.39, 0.29) is 6.61 Å². The summed E-state index contributed by atoms with van der Waals surface area (Å²) in [4.78, 5) is 0. The lowest BCUT2D eigenvalue weighted by Gasteiger charge is -2.16. The number of nitrogens with one attached hydrogen (secondary N) is 1. The van der Waals surface area contributed by atoms with E-state index in [4.69, 9.17) is 4.74 Å². The van der Waals surface area contributed by atoms with Gasteiger partial charge in [-0.3, -0.25) is 0 Å². The third kappa shape index (κ3) is 1.92. The van der Waals surface area contributed by atoms with Crippen molar-refractivity contribution in [3.63, 3.8) is 0 Å². The van der Waals surface area contributed by atoms with E-state index in [0.717, 1.165) is 6.54 Å². The van der Waals surface area contributed by atoms with Gasteiger partial charge in [0.15, 0.2) is 0 Å². The first-order chi connectivity index (χ1) is 4.77. The fourth-order valence-electron chi connectivity index (χ4n) is 1.12. The molecule has 1 atom stereocenters. The summed E-state index contributed by atoms with van der Waals surface area (Å²) in [5.41, 5.74) is -1.09. The number of ether oxygens (including phenoxy) is 1. The maximum Gasteiger partial charge on any atom is 0.147 e. The summed E-state index contributed by atoms with van der Waals surface area (Å²) in [5.74, 6) is 0. The molecule has 0 aromatic carbocycles. The summed E-state index contributed by atoms with van der Waals surface area (Å²) in [7, 11) is 0. The van der Waals surface area contributed by atoms with E-state index in [9.17, 15) is 4.39 Å². The van der Waals surface area contributed by atoms with Crippen LogP contribution in [0.2, 0.25) is 0 Å². The molecule has 0 saturated carbocycles. The average Bonchev–Trinajstić information content (AvgIpc) is 2.33. The van der Waals surface area contributed by atoms with Gasteiger partial charge in [-0.05, 0) is 19.9 Å². The molecule has 1 aliphatic heterocycles. The molecule has 0 aliphatic carbocycles. The van der Waals surface area contributed by atoms with Gasteiger partial charge >= 0.3 is 0 Å². The zero-order valence-electron chi connectivity index (χ0n) is 6.32. The molecule has 3 heteroatoms. The highest BCUT2D eigenvalue weighted by molar-refractivity contribution is 4.87. The van der Waals surface area contributed by atoms with Crippen molar-refractivity contribution in [3.05, 3.63) is 0 Å². The van der Waals surface area contributed by atoms with Crippen molar-refractivity contribution in [2.75, 3.05) is 26.3 Å². The molecule has 0 bridgehead atoms. The van der Waals surface area contributed by atoms with Gasteiger partial charge in [0, 0.05) is 13.2 Å². The lowest BCUT2D eigenvalue weighted by molar-refractivity contribution is 0.0327. The van der Waals surface area contributed by atoms with E-state index in [2.05, 4.69) is 5.32 Å². The summed E-state index contributed by atoms with van der Waals surface area (Å²) in [5, 5.41) is 2.97. The van der Waals surface area contributed by atoms with Gasteiger partial charge in [0.2, 0.25) is 0 Å². The van der Waals surface area contributed by atoms with Crippen molar-refractivity contribution < 1.29 is 9.13 Å². The highest BCUT2D eigenvalue weighted by atomic mass is 19.1. The van der Waals surface area contributed by atoms with Crippen molar-refractivity contribution in [2.24, 2.45) is 0 Å². The lowest BCUT2D eigenvalue weighted by Crippen LogP contribution is -2.31. The molecule has 1 N–H and O–H groups in total. The van der Waals surface area contributed by atoms with Crippen LogP contribution in [0, 0.1) is 0 Å². The molecule has 1 fully saturated rings. The Balaban J connectivity index is 2.22. The Hall–Kier alpha value is -0.150. The SMILES string of the molecule is CCOCC1(F)CCNC1. The van der Waals surface area contributed by atoms with E-state index in [1.165, 1.54) is 0 Å². The van der Waals surface area contributed by atoms with Gasteiger partial charge in [0.1, 0.15) is 5.67 Å². The normalized spacial score (nSPS) is 33.0. The largest absolute Gasteiger partial charge is 0.378 e. The van der Waals surface area contributed by atoms with Crippen molar-refractivity contribution in [3.8, 4) is 0 Å². The Morgan fingerprint density at radius 3 is 3.00 bits per heavy atom. The Bertz CT molecular complexity index is 102. The summed E-state index contributed by atoms with van der Waals surface area (Å²) in [6, 6.07) is 0. The Morgan fingerprint density at radius 2 is 2.50 bits per heavy atom. The number of rotatable bonds is 3. The predicted molar refractivity (Wildman–Crippen MR) is 37.8 cm³/mol. The van der Waals surface area contributed by atoms with Crippen LogP contribution in [-0.2, 0) is 4.74 Å². The van der Waals surface area contributed by atoms with Crippen LogP contribution in [0.15, 0.2) is 0 Å². The third-order valence-electron chi connectivity index (χ3n) is 1.76. The van der Waals surface area contributed by atoms with Gasteiger partial charge in [0.05, 0.1) is 6.61 Å². The Labute approximate surface area is 60.8 Å². The fourth-order valence-corrected chi connectivity index (χ4v) is 1.12. The van der Waals surface area contributed by atoms with Gasteiger partial charge in [-0.25, -0.2) is 4.39 Å². The molecular weight excluding hydrogens is 133 g/mol. The van der Waals surface area contributed by atoms with Gasteiger partial charge < -0.3 is 10.1 Å². The topological polar surface area (TPSA) is 21.3 Å². The van der Waals surface area contributed by atoms with E-state index in [1.807, 2.05) is 6.92 Å². The van der Waals surface area contributed by atoms with E-state index in [1.54, 1.807) is 0 Å². The molecule has 0 spiro atoms.